The zero-order valence-electron chi connectivity index (χ0n) is 8.01. The van der Waals surface area contributed by atoms with E-state index in [1.165, 1.54) is 5.56 Å². The molecule has 3 nitrogen and oxygen atoms in total. The van der Waals surface area contributed by atoms with Gasteiger partial charge in [0.25, 0.3) is 12.2 Å². The first kappa shape index (κ1) is 9.12. The molecule has 0 saturated carbocycles. The van der Waals surface area contributed by atoms with Crippen LogP contribution in [0, 0.1) is 0 Å². The van der Waals surface area contributed by atoms with Gasteiger partial charge >= 0.3 is 0 Å². The van der Waals surface area contributed by atoms with Gasteiger partial charge in [0.2, 0.25) is 0 Å². The molecule has 0 radical (unpaired) electrons. The Morgan fingerprint density at radius 2 is 1.73 bits per heavy atom. The normalized spacial score (nSPS) is 24.8. The van der Waals surface area contributed by atoms with E-state index in [1.807, 2.05) is 24.3 Å². The standard InChI is InChI=1S/C11H10O3S/c1-7-13-10(14-7)8-2-4-9(5-3-8)11-12-6-15-11/h2-5,10-11H,1,6H2. The van der Waals surface area contributed by atoms with E-state index in [9.17, 15) is 0 Å². The monoisotopic (exact) mass is 222 g/mol. The molecular weight excluding hydrogens is 212 g/mol. The number of hydrogen-bond acceptors (Lipinski definition) is 4. The lowest BCUT2D eigenvalue weighted by atomic mass is 10.1. The van der Waals surface area contributed by atoms with Crippen LogP contribution in [-0.2, 0) is 14.2 Å². The maximum Gasteiger partial charge on any atom is 0.278 e. The van der Waals surface area contributed by atoms with E-state index >= 15 is 0 Å². The quantitative estimate of drug-likeness (QED) is 0.769. The summed E-state index contributed by atoms with van der Waals surface area (Å²) in [6.45, 7) is 3.54. The summed E-state index contributed by atoms with van der Waals surface area (Å²) in [4.78, 5) is 0. The molecule has 1 aromatic rings. The molecule has 1 aromatic carbocycles. The average molecular weight is 222 g/mol. The smallest absolute Gasteiger partial charge is 0.278 e. The first-order valence-electron chi connectivity index (χ1n) is 4.68. The zero-order valence-corrected chi connectivity index (χ0v) is 8.83. The molecule has 2 heterocycles. The van der Waals surface area contributed by atoms with Crippen LogP contribution < -0.4 is 0 Å². The van der Waals surface area contributed by atoms with Crippen LogP contribution in [0.1, 0.15) is 22.9 Å². The van der Waals surface area contributed by atoms with Gasteiger partial charge in [0.15, 0.2) is 0 Å². The molecule has 2 aliphatic heterocycles. The van der Waals surface area contributed by atoms with Crippen molar-refractivity contribution in [3.63, 3.8) is 0 Å². The second kappa shape index (κ2) is 3.47. The molecule has 1 atom stereocenters. The zero-order chi connectivity index (χ0) is 10.3. The molecule has 0 aliphatic carbocycles. The van der Waals surface area contributed by atoms with Gasteiger partial charge in [-0.3, -0.25) is 0 Å². The molecule has 0 amide bonds. The molecule has 0 aromatic heterocycles. The molecule has 2 fully saturated rings. The van der Waals surface area contributed by atoms with Crippen molar-refractivity contribution in [2.45, 2.75) is 11.7 Å². The predicted molar refractivity (Wildman–Crippen MR) is 56.8 cm³/mol. The third-order valence-corrected chi connectivity index (χ3v) is 3.38. The van der Waals surface area contributed by atoms with Gasteiger partial charge in [-0.1, -0.05) is 36.0 Å². The molecule has 3 rings (SSSR count). The molecule has 2 aliphatic rings. The van der Waals surface area contributed by atoms with Crippen molar-refractivity contribution < 1.29 is 14.2 Å². The topological polar surface area (TPSA) is 27.7 Å². The van der Waals surface area contributed by atoms with Crippen LogP contribution >= 0.6 is 11.8 Å². The highest BCUT2D eigenvalue weighted by atomic mass is 32.2. The van der Waals surface area contributed by atoms with Gasteiger partial charge in [-0.15, -0.1) is 0 Å². The molecule has 0 N–H and O–H groups in total. The summed E-state index contributed by atoms with van der Waals surface area (Å²) >= 11 is 1.79. The Hall–Kier alpha value is -1.13. The van der Waals surface area contributed by atoms with Crippen LogP contribution in [0.5, 0.6) is 0 Å². The van der Waals surface area contributed by atoms with Crippen molar-refractivity contribution in [3.05, 3.63) is 47.9 Å². The van der Waals surface area contributed by atoms with E-state index in [0.29, 0.717) is 5.95 Å². The third-order valence-electron chi connectivity index (χ3n) is 2.40. The highest BCUT2D eigenvalue weighted by Crippen LogP contribution is 2.40. The Morgan fingerprint density at radius 3 is 2.20 bits per heavy atom. The van der Waals surface area contributed by atoms with Crippen molar-refractivity contribution in [2.75, 3.05) is 5.94 Å². The summed E-state index contributed by atoms with van der Waals surface area (Å²) in [7, 11) is 0. The summed E-state index contributed by atoms with van der Waals surface area (Å²) < 4.78 is 15.8. The van der Waals surface area contributed by atoms with Gasteiger partial charge in [-0.25, -0.2) is 0 Å². The highest BCUT2D eigenvalue weighted by molar-refractivity contribution is 8.00. The SMILES string of the molecule is C=C1OC(c2ccc(C3OCS3)cc2)O1. The summed E-state index contributed by atoms with van der Waals surface area (Å²) in [6, 6.07) is 8.07. The molecule has 78 valence electrons. The van der Waals surface area contributed by atoms with E-state index in [2.05, 4.69) is 6.58 Å². The molecule has 15 heavy (non-hydrogen) atoms. The number of benzene rings is 1. The van der Waals surface area contributed by atoms with E-state index in [4.69, 9.17) is 14.2 Å². The van der Waals surface area contributed by atoms with Gasteiger partial charge in [-0.05, 0) is 12.1 Å². The lowest BCUT2D eigenvalue weighted by Crippen LogP contribution is -2.19. The average Bonchev–Trinajstić information content (AvgIpc) is 2.12. The number of rotatable bonds is 2. The maximum absolute atomic E-state index is 5.36. The molecule has 0 bridgehead atoms. The molecule has 2 saturated heterocycles. The van der Waals surface area contributed by atoms with Gasteiger partial charge in [0.05, 0.1) is 5.94 Å². The van der Waals surface area contributed by atoms with Gasteiger partial charge < -0.3 is 14.2 Å². The first-order chi connectivity index (χ1) is 7.33. The van der Waals surface area contributed by atoms with Crippen LogP contribution in [0.3, 0.4) is 0 Å². The summed E-state index contributed by atoms with van der Waals surface area (Å²) in [5.41, 5.74) is 2.40. The molecule has 4 heteroatoms. The fourth-order valence-electron chi connectivity index (χ4n) is 1.52. The minimum Gasteiger partial charge on any atom is -0.421 e. The summed E-state index contributed by atoms with van der Waals surface area (Å²) in [5, 5.41) is 0. The van der Waals surface area contributed by atoms with E-state index in [-0.39, 0.29) is 11.7 Å². The van der Waals surface area contributed by atoms with Crippen LogP contribution in [0.2, 0.25) is 0 Å². The Balaban J connectivity index is 1.72. The molecule has 0 spiro atoms. The van der Waals surface area contributed by atoms with Crippen LogP contribution in [0.15, 0.2) is 36.8 Å². The van der Waals surface area contributed by atoms with Crippen molar-refractivity contribution in [2.24, 2.45) is 0 Å². The largest absolute Gasteiger partial charge is 0.421 e. The van der Waals surface area contributed by atoms with Crippen LogP contribution in [0.25, 0.3) is 0 Å². The van der Waals surface area contributed by atoms with E-state index in [0.717, 1.165) is 11.5 Å². The number of ether oxygens (including phenoxy) is 3. The fraction of sp³-hybridized carbons (Fsp3) is 0.273. The van der Waals surface area contributed by atoms with E-state index in [1.54, 1.807) is 11.8 Å². The number of thioether (sulfide) groups is 1. The van der Waals surface area contributed by atoms with Crippen molar-refractivity contribution >= 4 is 11.8 Å². The fourth-order valence-corrected chi connectivity index (χ4v) is 2.14. The molecule has 1 unspecified atom stereocenters. The van der Waals surface area contributed by atoms with Crippen LogP contribution in [0.4, 0.5) is 0 Å². The van der Waals surface area contributed by atoms with Crippen molar-refractivity contribution in [1.29, 1.82) is 0 Å². The van der Waals surface area contributed by atoms with Gasteiger partial charge in [-0.2, -0.15) is 0 Å². The Kier molecular flexibility index (Phi) is 2.11. The van der Waals surface area contributed by atoms with Gasteiger partial charge in [0, 0.05) is 5.56 Å². The summed E-state index contributed by atoms with van der Waals surface area (Å²) in [6.07, 6.45) is -0.276. The summed E-state index contributed by atoms with van der Waals surface area (Å²) in [5.74, 6) is 1.18. The Morgan fingerprint density at radius 1 is 1.13 bits per heavy atom. The lowest BCUT2D eigenvalue weighted by molar-refractivity contribution is -0.252. The minimum atomic E-state index is -0.276. The second-order valence-corrected chi connectivity index (χ2v) is 4.39. The second-order valence-electron chi connectivity index (χ2n) is 3.39. The van der Waals surface area contributed by atoms with Crippen LogP contribution in [-0.4, -0.2) is 5.94 Å². The Bertz CT molecular complexity index is 375. The highest BCUT2D eigenvalue weighted by Gasteiger charge is 2.27. The minimum absolute atomic E-state index is 0.206. The third kappa shape index (κ3) is 1.60. The Labute approximate surface area is 92.0 Å². The van der Waals surface area contributed by atoms with Crippen molar-refractivity contribution in [3.8, 4) is 0 Å². The van der Waals surface area contributed by atoms with Gasteiger partial charge in [0.1, 0.15) is 5.44 Å². The maximum atomic E-state index is 5.36. The van der Waals surface area contributed by atoms with Crippen molar-refractivity contribution in [1.82, 2.24) is 0 Å². The molecular formula is C11H10O3S. The first-order valence-corrected chi connectivity index (χ1v) is 5.73. The van der Waals surface area contributed by atoms with E-state index < -0.39 is 0 Å². The number of hydrogen-bond donors (Lipinski definition) is 0. The predicted octanol–water partition coefficient (Wildman–Crippen LogP) is 2.92. The lowest BCUT2D eigenvalue weighted by Gasteiger charge is -2.31.